The van der Waals surface area contributed by atoms with Gasteiger partial charge in [0, 0.05) is 26.3 Å². The van der Waals surface area contributed by atoms with Crippen molar-refractivity contribution in [3.63, 3.8) is 0 Å². The molecule has 1 N–H and O–H groups in total. The van der Waals surface area contributed by atoms with Gasteiger partial charge in [0.1, 0.15) is 0 Å². The molecule has 1 aliphatic heterocycles. The number of hydrogen-bond donors (Lipinski definition) is 1. The smallest absolute Gasteiger partial charge is 0.241 e. The number of piperidine rings is 1. The molecule has 1 amide bonds. The monoisotopic (exact) mass is 378 g/mol. The van der Waals surface area contributed by atoms with Crippen molar-refractivity contribution < 1.29 is 14.1 Å². The Morgan fingerprint density at radius 2 is 2.46 bits per heavy atom. The summed E-state index contributed by atoms with van der Waals surface area (Å²) in [5.74, 6) is 1.40. The lowest BCUT2D eigenvalue weighted by atomic mass is 9.97. The fraction of sp³-hybridized carbons (Fsp3) is 0.611. The first-order valence-corrected chi connectivity index (χ1v) is 10.1. The van der Waals surface area contributed by atoms with Gasteiger partial charge in [0.05, 0.1) is 17.3 Å². The second-order valence-corrected chi connectivity index (χ2v) is 7.35. The number of ether oxygens (including phenoxy) is 1. The highest BCUT2D eigenvalue weighted by molar-refractivity contribution is 7.13. The Kier molecular flexibility index (Phi) is 7.16. The number of nitrogens with one attached hydrogen (secondary N) is 1. The van der Waals surface area contributed by atoms with E-state index in [-0.39, 0.29) is 11.8 Å². The maximum Gasteiger partial charge on any atom is 0.241 e. The molecule has 8 heteroatoms. The van der Waals surface area contributed by atoms with Gasteiger partial charge in [-0.3, -0.25) is 9.69 Å². The number of rotatable bonds is 9. The van der Waals surface area contributed by atoms with Gasteiger partial charge in [0.25, 0.3) is 0 Å². The van der Waals surface area contributed by atoms with Gasteiger partial charge in [0.2, 0.25) is 17.6 Å². The number of carbonyl (C=O) groups is 1. The minimum absolute atomic E-state index is 0.0236. The Bertz CT molecular complexity index is 674. The van der Waals surface area contributed by atoms with Crippen LogP contribution in [0.5, 0.6) is 0 Å². The van der Waals surface area contributed by atoms with E-state index < -0.39 is 0 Å². The fourth-order valence-electron chi connectivity index (χ4n) is 3.10. The first-order chi connectivity index (χ1) is 12.8. The van der Waals surface area contributed by atoms with Crippen molar-refractivity contribution in [2.45, 2.75) is 32.7 Å². The molecular formula is C18H26N4O3S. The van der Waals surface area contributed by atoms with E-state index in [9.17, 15) is 4.79 Å². The Hall–Kier alpha value is -1.77. The van der Waals surface area contributed by atoms with Crippen LogP contribution in [-0.2, 0) is 16.1 Å². The largest absolute Gasteiger partial charge is 0.382 e. The summed E-state index contributed by atoms with van der Waals surface area (Å²) >= 11 is 1.59. The van der Waals surface area contributed by atoms with Gasteiger partial charge in [0.15, 0.2) is 0 Å². The van der Waals surface area contributed by atoms with Crippen LogP contribution in [0, 0.1) is 5.92 Å². The van der Waals surface area contributed by atoms with Crippen LogP contribution in [0.4, 0.5) is 0 Å². The minimum atomic E-state index is 0.0236. The van der Waals surface area contributed by atoms with Crippen LogP contribution in [0.2, 0.25) is 0 Å². The lowest BCUT2D eigenvalue weighted by molar-refractivity contribution is -0.126. The number of thiophene rings is 1. The normalized spacial score (nSPS) is 18.1. The quantitative estimate of drug-likeness (QED) is 0.676. The summed E-state index contributed by atoms with van der Waals surface area (Å²) in [6.07, 6.45) is 2.78. The Morgan fingerprint density at radius 3 is 3.27 bits per heavy atom. The number of hydrogen-bond acceptors (Lipinski definition) is 7. The molecule has 0 bridgehead atoms. The maximum atomic E-state index is 12.4. The molecule has 1 atom stereocenters. The predicted octanol–water partition coefficient (Wildman–Crippen LogP) is 2.55. The van der Waals surface area contributed by atoms with Gasteiger partial charge in [-0.25, -0.2) is 0 Å². The lowest BCUT2D eigenvalue weighted by Gasteiger charge is -2.30. The summed E-state index contributed by atoms with van der Waals surface area (Å²) in [5.41, 5.74) is 0. The van der Waals surface area contributed by atoms with Gasteiger partial charge >= 0.3 is 0 Å². The number of carbonyl (C=O) groups excluding carboxylic acids is 1. The first-order valence-electron chi connectivity index (χ1n) is 9.20. The number of likely N-dealkylation sites (tertiary alicyclic amines) is 1. The molecule has 142 valence electrons. The molecule has 7 nitrogen and oxygen atoms in total. The molecule has 0 spiro atoms. The van der Waals surface area contributed by atoms with Gasteiger partial charge in [-0.2, -0.15) is 4.98 Å². The van der Waals surface area contributed by atoms with Crippen LogP contribution in [0.15, 0.2) is 22.0 Å². The van der Waals surface area contributed by atoms with Crippen molar-refractivity contribution in [2.24, 2.45) is 5.92 Å². The standard InChI is InChI=1S/C18H26N4O3S/c1-2-24-10-5-8-19-18(23)14-6-3-9-22(12-14)13-16-20-17(21-25-16)15-7-4-11-26-15/h4,7,11,14H,2-3,5-6,8-10,12-13H2,1H3,(H,19,23). The van der Waals surface area contributed by atoms with Crippen LogP contribution in [0.25, 0.3) is 10.7 Å². The first kappa shape index (κ1) is 19.0. The van der Waals surface area contributed by atoms with Gasteiger partial charge in [-0.15, -0.1) is 11.3 Å². The zero-order chi connectivity index (χ0) is 18.2. The average Bonchev–Trinajstić information content (AvgIpc) is 3.33. The third-order valence-electron chi connectivity index (χ3n) is 4.41. The van der Waals surface area contributed by atoms with Crippen LogP contribution in [-0.4, -0.2) is 53.8 Å². The van der Waals surface area contributed by atoms with Gasteiger partial charge in [-0.1, -0.05) is 11.2 Å². The van der Waals surface area contributed by atoms with Gasteiger partial charge in [-0.05, 0) is 44.2 Å². The van der Waals surface area contributed by atoms with Crippen molar-refractivity contribution in [3.8, 4) is 10.7 Å². The van der Waals surface area contributed by atoms with E-state index in [1.54, 1.807) is 11.3 Å². The zero-order valence-corrected chi connectivity index (χ0v) is 16.0. The minimum Gasteiger partial charge on any atom is -0.382 e. The molecule has 1 fully saturated rings. The molecule has 1 unspecified atom stereocenters. The van der Waals surface area contributed by atoms with Crippen molar-refractivity contribution in [1.82, 2.24) is 20.4 Å². The van der Waals surface area contributed by atoms with E-state index >= 15 is 0 Å². The molecule has 1 aliphatic rings. The second kappa shape index (κ2) is 9.80. The molecule has 1 saturated heterocycles. The third kappa shape index (κ3) is 5.36. The molecular weight excluding hydrogens is 352 g/mol. The molecule has 0 radical (unpaired) electrons. The average molecular weight is 378 g/mol. The second-order valence-electron chi connectivity index (χ2n) is 6.40. The summed E-state index contributed by atoms with van der Waals surface area (Å²) in [7, 11) is 0. The van der Waals surface area contributed by atoms with E-state index in [1.165, 1.54) is 0 Å². The molecule has 0 aromatic carbocycles. The number of nitrogens with zero attached hydrogens (tertiary/aromatic N) is 3. The molecule has 3 rings (SSSR count). The van der Waals surface area contributed by atoms with E-state index in [1.807, 2.05) is 24.4 Å². The number of aromatic nitrogens is 2. The fourth-order valence-corrected chi connectivity index (χ4v) is 3.75. The van der Waals surface area contributed by atoms with E-state index in [2.05, 4.69) is 20.4 Å². The van der Waals surface area contributed by atoms with Crippen LogP contribution < -0.4 is 5.32 Å². The van der Waals surface area contributed by atoms with E-state index in [0.29, 0.717) is 31.4 Å². The summed E-state index contributed by atoms with van der Waals surface area (Å²) in [6, 6.07) is 3.95. The summed E-state index contributed by atoms with van der Waals surface area (Å²) in [4.78, 5) is 20.1. The number of amides is 1. The zero-order valence-electron chi connectivity index (χ0n) is 15.1. The van der Waals surface area contributed by atoms with Crippen molar-refractivity contribution in [3.05, 3.63) is 23.4 Å². The SMILES string of the molecule is CCOCCCNC(=O)C1CCCN(Cc2nc(-c3cccs3)no2)C1. The van der Waals surface area contributed by atoms with Gasteiger partial charge < -0.3 is 14.6 Å². The Balaban J connectivity index is 1.45. The van der Waals surface area contributed by atoms with E-state index in [0.717, 1.165) is 43.8 Å². The van der Waals surface area contributed by atoms with Crippen molar-refractivity contribution >= 4 is 17.2 Å². The topological polar surface area (TPSA) is 80.5 Å². The highest BCUT2D eigenvalue weighted by Crippen LogP contribution is 2.23. The van der Waals surface area contributed by atoms with Crippen LogP contribution in [0.1, 0.15) is 32.1 Å². The molecule has 2 aromatic rings. The van der Waals surface area contributed by atoms with Crippen molar-refractivity contribution in [1.29, 1.82) is 0 Å². The van der Waals surface area contributed by atoms with Crippen molar-refractivity contribution in [2.75, 3.05) is 32.8 Å². The maximum absolute atomic E-state index is 12.4. The highest BCUT2D eigenvalue weighted by atomic mass is 32.1. The molecule has 0 saturated carbocycles. The third-order valence-corrected chi connectivity index (χ3v) is 5.28. The van der Waals surface area contributed by atoms with Crippen LogP contribution in [0.3, 0.4) is 0 Å². The molecule has 26 heavy (non-hydrogen) atoms. The summed E-state index contributed by atoms with van der Waals surface area (Å²) < 4.78 is 10.7. The van der Waals surface area contributed by atoms with E-state index in [4.69, 9.17) is 9.26 Å². The predicted molar refractivity (Wildman–Crippen MR) is 99.7 cm³/mol. The molecule has 2 aromatic heterocycles. The Labute approximate surface area is 157 Å². The summed E-state index contributed by atoms with van der Waals surface area (Å²) in [5, 5.41) is 9.07. The molecule has 3 heterocycles. The summed E-state index contributed by atoms with van der Waals surface area (Å²) in [6.45, 7) is 6.32. The van der Waals surface area contributed by atoms with Crippen LogP contribution >= 0.6 is 11.3 Å². The Morgan fingerprint density at radius 1 is 1.54 bits per heavy atom. The highest BCUT2D eigenvalue weighted by Gasteiger charge is 2.26. The lowest BCUT2D eigenvalue weighted by Crippen LogP contribution is -2.43. The molecule has 0 aliphatic carbocycles.